The standard InChI is InChI=1S/C26H14Cl6F5N3O3/c1-8-2-10(38-23(42)19-18(25(19,31)32)9-3-12(27)21(30)13(28)4-9)5-11(20(8)29)22(41)39-16-7-17(15(34)6-14(16)33)40-24(43)26(35,36)37/h2-7,18-19H,1H3,(H,38,42)(H,39,41)(H,40,43)/t18-,19+/m0/s1. The van der Waals surface area contributed by atoms with Crippen molar-refractivity contribution in [2.45, 2.75) is 23.4 Å². The Morgan fingerprint density at radius 2 is 1.35 bits per heavy atom. The van der Waals surface area contributed by atoms with Crippen molar-refractivity contribution in [1.82, 2.24) is 0 Å². The number of alkyl halides is 5. The van der Waals surface area contributed by atoms with Crippen molar-refractivity contribution in [2.75, 3.05) is 16.0 Å². The lowest BCUT2D eigenvalue weighted by Crippen LogP contribution is -2.30. The first-order valence-corrected chi connectivity index (χ1v) is 13.9. The van der Waals surface area contributed by atoms with Crippen LogP contribution in [0.1, 0.15) is 27.4 Å². The van der Waals surface area contributed by atoms with Gasteiger partial charge in [-0.05, 0) is 48.4 Å². The lowest BCUT2D eigenvalue weighted by atomic mass is 10.1. The van der Waals surface area contributed by atoms with Crippen LogP contribution in [0, 0.1) is 24.5 Å². The first kappa shape index (κ1) is 33.4. The predicted molar refractivity (Wildman–Crippen MR) is 156 cm³/mol. The van der Waals surface area contributed by atoms with E-state index in [1.807, 2.05) is 0 Å². The molecule has 0 unspecified atom stereocenters. The van der Waals surface area contributed by atoms with E-state index in [0.29, 0.717) is 11.6 Å². The maximum atomic E-state index is 14.4. The molecule has 0 spiro atoms. The van der Waals surface area contributed by atoms with Gasteiger partial charge in [-0.15, -0.1) is 23.2 Å². The van der Waals surface area contributed by atoms with Crippen LogP contribution in [0.15, 0.2) is 36.4 Å². The number of aryl methyl sites for hydroxylation is 1. The zero-order valence-corrected chi connectivity index (χ0v) is 25.5. The Bertz CT molecular complexity index is 1660. The summed E-state index contributed by atoms with van der Waals surface area (Å²) in [5.74, 6) is -8.86. The number of rotatable bonds is 6. The van der Waals surface area contributed by atoms with Crippen LogP contribution in [-0.4, -0.2) is 28.2 Å². The van der Waals surface area contributed by atoms with Gasteiger partial charge in [0.25, 0.3) is 5.91 Å². The molecule has 2 atom stereocenters. The van der Waals surface area contributed by atoms with E-state index in [4.69, 9.17) is 69.6 Å². The molecular formula is C26H14Cl6F5N3O3. The van der Waals surface area contributed by atoms with Gasteiger partial charge in [0.2, 0.25) is 5.91 Å². The van der Waals surface area contributed by atoms with E-state index in [-0.39, 0.29) is 43.0 Å². The van der Waals surface area contributed by atoms with Gasteiger partial charge in [-0.25, -0.2) is 8.78 Å². The highest BCUT2D eigenvalue weighted by molar-refractivity contribution is 6.54. The number of anilines is 3. The number of nitrogens with one attached hydrogen (secondary N) is 3. The molecule has 4 rings (SSSR count). The minimum absolute atomic E-state index is 0.0525. The molecule has 1 aliphatic carbocycles. The highest BCUT2D eigenvalue weighted by Crippen LogP contribution is 2.65. The number of hydrogen-bond donors (Lipinski definition) is 3. The lowest BCUT2D eigenvalue weighted by molar-refractivity contribution is -0.167. The molecule has 0 aromatic heterocycles. The van der Waals surface area contributed by atoms with Crippen molar-refractivity contribution in [1.29, 1.82) is 0 Å². The van der Waals surface area contributed by atoms with Crippen LogP contribution in [0.25, 0.3) is 0 Å². The molecule has 3 N–H and O–H groups in total. The average Bonchev–Trinajstić information content (AvgIpc) is 3.48. The van der Waals surface area contributed by atoms with Crippen molar-refractivity contribution in [2.24, 2.45) is 5.92 Å². The van der Waals surface area contributed by atoms with Crippen LogP contribution in [0.4, 0.5) is 39.0 Å². The van der Waals surface area contributed by atoms with Crippen molar-refractivity contribution in [3.8, 4) is 0 Å². The SMILES string of the molecule is Cc1cc(NC(=O)[C@H]2[C@H](c3cc(Cl)c(Cl)c(Cl)c3)C2(Cl)Cl)cc(C(=O)Nc2cc(NC(=O)C(F)(F)F)c(F)cc2F)c1Cl. The highest BCUT2D eigenvalue weighted by atomic mass is 35.5. The molecule has 1 saturated carbocycles. The van der Waals surface area contributed by atoms with Crippen molar-refractivity contribution >= 4 is 104 Å². The fourth-order valence-corrected chi connectivity index (χ4v) is 5.81. The molecule has 0 bridgehead atoms. The van der Waals surface area contributed by atoms with Crippen molar-refractivity contribution in [3.63, 3.8) is 0 Å². The highest BCUT2D eigenvalue weighted by Gasteiger charge is 2.67. The average molecular weight is 724 g/mol. The molecule has 228 valence electrons. The first-order chi connectivity index (χ1) is 19.8. The number of halogens is 11. The fourth-order valence-electron chi connectivity index (χ4n) is 4.17. The smallest absolute Gasteiger partial charge is 0.326 e. The summed E-state index contributed by atoms with van der Waals surface area (Å²) >= 11 is 37.2. The number of carbonyl (C=O) groups excluding carboxylic acids is 3. The summed E-state index contributed by atoms with van der Waals surface area (Å²) in [6.07, 6.45) is -5.36. The number of benzene rings is 3. The third-order valence-corrected chi connectivity index (χ3v) is 8.92. The Morgan fingerprint density at radius 3 is 1.91 bits per heavy atom. The molecule has 3 aromatic rings. The van der Waals surface area contributed by atoms with Crippen LogP contribution in [0.3, 0.4) is 0 Å². The summed E-state index contributed by atoms with van der Waals surface area (Å²) in [5, 5.41) is 6.11. The second-order valence-electron chi connectivity index (χ2n) is 9.29. The van der Waals surface area contributed by atoms with Gasteiger partial charge in [-0.1, -0.05) is 46.4 Å². The lowest BCUT2D eigenvalue weighted by Gasteiger charge is -2.14. The third kappa shape index (κ3) is 6.92. The van der Waals surface area contributed by atoms with E-state index in [1.165, 1.54) is 30.4 Å². The van der Waals surface area contributed by atoms with Gasteiger partial charge in [0.15, 0.2) is 0 Å². The summed E-state index contributed by atoms with van der Waals surface area (Å²) in [7, 11) is 0. The minimum Gasteiger partial charge on any atom is -0.326 e. The van der Waals surface area contributed by atoms with Crippen LogP contribution < -0.4 is 16.0 Å². The molecule has 1 aliphatic rings. The summed E-state index contributed by atoms with van der Waals surface area (Å²) in [4.78, 5) is 37.4. The summed E-state index contributed by atoms with van der Waals surface area (Å²) < 4.78 is 64.6. The molecule has 3 aromatic carbocycles. The Balaban J connectivity index is 1.56. The molecular weight excluding hydrogens is 710 g/mol. The van der Waals surface area contributed by atoms with Gasteiger partial charge in [0.1, 0.15) is 16.0 Å². The van der Waals surface area contributed by atoms with Crippen LogP contribution in [0.5, 0.6) is 0 Å². The second-order valence-corrected chi connectivity index (χ2v) is 12.3. The number of amides is 3. The molecule has 0 heterocycles. The molecule has 0 radical (unpaired) electrons. The van der Waals surface area contributed by atoms with E-state index >= 15 is 0 Å². The zero-order chi connectivity index (χ0) is 32.2. The topological polar surface area (TPSA) is 87.3 Å². The van der Waals surface area contributed by atoms with Crippen molar-refractivity contribution in [3.05, 3.63) is 84.8 Å². The summed E-state index contributed by atoms with van der Waals surface area (Å²) in [6.45, 7) is 1.49. The minimum atomic E-state index is -5.36. The van der Waals surface area contributed by atoms with Crippen LogP contribution in [0.2, 0.25) is 20.1 Å². The third-order valence-electron chi connectivity index (χ3n) is 6.28. The number of hydrogen-bond acceptors (Lipinski definition) is 3. The van der Waals surface area contributed by atoms with Gasteiger partial charge in [-0.3, -0.25) is 14.4 Å². The summed E-state index contributed by atoms with van der Waals surface area (Å²) in [6, 6.07) is 6.11. The molecule has 0 aliphatic heterocycles. The monoisotopic (exact) mass is 721 g/mol. The van der Waals surface area contributed by atoms with E-state index in [0.717, 1.165) is 6.07 Å². The van der Waals surface area contributed by atoms with Crippen LogP contribution >= 0.6 is 69.6 Å². The molecule has 43 heavy (non-hydrogen) atoms. The number of carbonyl (C=O) groups is 3. The molecule has 6 nitrogen and oxygen atoms in total. The molecule has 3 amide bonds. The maximum Gasteiger partial charge on any atom is 0.471 e. The van der Waals surface area contributed by atoms with E-state index < -0.39 is 63.1 Å². The normalized spacial score (nSPS) is 17.3. The van der Waals surface area contributed by atoms with E-state index in [1.54, 1.807) is 0 Å². The quantitative estimate of drug-likeness (QED) is 0.135. The Morgan fingerprint density at radius 1 is 0.791 bits per heavy atom. The fraction of sp³-hybridized carbons (Fsp3) is 0.192. The zero-order valence-electron chi connectivity index (χ0n) is 21.0. The Hall–Kier alpha value is -2.54. The second kappa shape index (κ2) is 12.1. The summed E-state index contributed by atoms with van der Waals surface area (Å²) in [5.41, 5.74) is -1.33. The van der Waals surface area contributed by atoms with Gasteiger partial charge in [0.05, 0.1) is 42.9 Å². The Labute approximate surface area is 269 Å². The Kier molecular flexibility index (Phi) is 9.38. The van der Waals surface area contributed by atoms with Gasteiger partial charge in [0, 0.05) is 17.7 Å². The van der Waals surface area contributed by atoms with Gasteiger partial charge < -0.3 is 16.0 Å². The molecule has 0 saturated heterocycles. The first-order valence-electron chi connectivity index (χ1n) is 11.6. The predicted octanol–water partition coefficient (Wildman–Crippen LogP) is 9.17. The molecule has 17 heteroatoms. The molecule has 1 fully saturated rings. The maximum absolute atomic E-state index is 14.4. The van der Waals surface area contributed by atoms with Gasteiger partial charge in [-0.2, -0.15) is 13.2 Å². The van der Waals surface area contributed by atoms with Crippen LogP contribution in [-0.2, 0) is 9.59 Å². The van der Waals surface area contributed by atoms with E-state index in [2.05, 4.69) is 10.6 Å². The van der Waals surface area contributed by atoms with E-state index in [9.17, 15) is 36.3 Å². The van der Waals surface area contributed by atoms with Crippen molar-refractivity contribution < 1.29 is 36.3 Å². The largest absolute Gasteiger partial charge is 0.471 e. The van der Waals surface area contributed by atoms with Gasteiger partial charge >= 0.3 is 12.1 Å².